The minimum Gasteiger partial charge on any atom is -0.290 e. The first-order valence-corrected chi connectivity index (χ1v) is 6.58. The molecule has 5 heteroatoms. The molecule has 0 saturated heterocycles. The van der Waals surface area contributed by atoms with E-state index in [-0.39, 0.29) is 5.78 Å². The van der Waals surface area contributed by atoms with Gasteiger partial charge in [0.1, 0.15) is 0 Å². The minimum atomic E-state index is -1.01. The van der Waals surface area contributed by atoms with E-state index in [0.717, 1.165) is 15.6 Å². The fourth-order valence-corrected chi connectivity index (χ4v) is 3.21. The van der Waals surface area contributed by atoms with Crippen LogP contribution in [0.3, 0.4) is 0 Å². The first kappa shape index (κ1) is 12.2. The molecule has 1 heterocycles. The lowest BCUT2D eigenvalue weighted by molar-refractivity contribution is 0.101. The SMILES string of the molecule is Cc1c(C(=O)C(Cl)Cl)sc2ccc(Cl)cc12. The Labute approximate surface area is 112 Å². The molecule has 0 aliphatic heterocycles. The highest BCUT2D eigenvalue weighted by Gasteiger charge is 2.20. The normalized spacial score (nSPS) is 11.3. The Balaban J connectivity index is 2.65. The lowest BCUT2D eigenvalue weighted by atomic mass is 10.1. The number of carbonyl (C=O) groups excluding carboxylic acids is 1. The van der Waals surface area contributed by atoms with Gasteiger partial charge in [-0.2, -0.15) is 0 Å². The van der Waals surface area contributed by atoms with Crippen LogP contribution in [0.2, 0.25) is 5.02 Å². The van der Waals surface area contributed by atoms with Crippen molar-refractivity contribution >= 4 is 62.0 Å². The van der Waals surface area contributed by atoms with Gasteiger partial charge in [0, 0.05) is 9.72 Å². The number of fused-ring (bicyclic) bond motifs is 1. The monoisotopic (exact) mass is 292 g/mol. The summed E-state index contributed by atoms with van der Waals surface area (Å²) in [6.07, 6.45) is 0. The number of carbonyl (C=O) groups is 1. The standard InChI is InChI=1S/C11H7Cl3OS/c1-5-7-4-6(12)2-3-8(7)16-10(5)9(15)11(13)14/h2-4,11H,1H3. The van der Waals surface area contributed by atoms with Crippen LogP contribution in [0.15, 0.2) is 18.2 Å². The molecule has 0 unspecified atom stereocenters. The molecule has 0 aliphatic rings. The number of alkyl halides is 2. The molecule has 0 radical (unpaired) electrons. The van der Waals surface area contributed by atoms with Gasteiger partial charge in [-0.3, -0.25) is 4.79 Å². The van der Waals surface area contributed by atoms with Crippen LogP contribution in [-0.4, -0.2) is 10.6 Å². The highest BCUT2D eigenvalue weighted by Crippen LogP contribution is 2.34. The summed E-state index contributed by atoms with van der Waals surface area (Å²) in [5.74, 6) is -0.252. The van der Waals surface area contributed by atoms with E-state index in [1.165, 1.54) is 11.3 Å². The highest BCUT2D eigenvalue weighted by molar-refractivity contribution is 7.21. The van der Waals surface area contributed by atoms with Crippen molar-refractivity contribution < 1.29 is 4.79 Å². The third-order valence-electron chi connectivity index (χ3n) is 2.32. The number of Topliss-reactive ketones (excluding diaryl/α,β-unsaturated/α-hetero) is 1. The van der Waals surface area contributed by atoms with E-state index in [1.807, 2.05) is 19.1 Å². The molecule has 0 saturated carbocycles. The summed E-state index contributed by atoms with van der Waals surface area (Å²) < 4.78 is 1.01. The number of rotatable bonds is 2. The summed E-state index contributed by atoms with van der Waals surface area (Å²) in [5.41, 5.74) is 0.888. The molecule has 0 N–H and O–H groups in total. The van der Waals surface area contributed by atoms with Crippen LogP contribution in [0.25, 0.3) is 10.1 Å². The molecule has 84 valence electrons. The zero-order chi connectivity index (χ0) is 11.9. The molecule has 0 fully saturated rings. The average molecular weight is 294 g/mol. The maximum Gasteiger partial charge on any atom is 0.205 e. The van der Waals surface area contributed by atoms with Crippen molar-refractivity contribution in [3.63, 3.8) is 0 Å². The van der Waals surface area contributed by atoms with Gasteiger partial charge in [-0.05, 0) is 36.1 Å². The number of hydrogen-bond donors (Lipinski definition) is 0. The number of benzene rings is 1. The fourth-order valence-electron chi connectivity index (χ4n) is 1.53. The lowest BCUT2D eigenvalue weighted by Crippen LogP contribution is -2.06. The number of ketones is 1. The van der Waals surface area contributed by atoms with Crippen molar-refractivity contribution in [1.82, 2.24) is 0 Å². The highest BCUT2D eigenvalue weighted by atomic mass is 35.5. The maximum absolute atomic E-state index is 11.7. The number of aryl methyl sites for hydroxylation is 1. The second-order valence-corrected chi connectivity index (χ2v) is 5.95. The third-order valence-corrected chi connectivity index (χ3v) is 4.24. The predicted molar refractivity (Wildman–Crippen MR) is 71.4 cm³/mol. The Hall–Kier alpha value is -0.280. The van der Waals surface area contributed by atoms with Crippen molar-refractivity contribution in [1.29, 1.82) is 0 Å². The molecule has 1 nitrogen and oxygen atoms in total. The van der Waals surface area contributed by atoms with E-state index in [4.69, 9.17) is 34.8 Å². The van der Waals surface area contributed by atoms with Crippen LogP contribution in [0.1, 0.15) is 15.2 Å². The fraction of sp³-hybridized carbons (Fsp3) is 0.182. The van der Waals surface area contributed by atoms with Gasteiger partial charge in [0.25, 0.3) is 0 Å². The lowest BCUT2D eigenvalue weighted by Gasteiger charge is -1.98. The third kappa shape index (κ3) is 2.07. The Kier molecular flexibility index (Phi) is 3.45. The van der Waals surface area contributed by atoms with E-state index in [2.05, 4.69) is 0 Å². The molecule has 16 heavy (non-hydrogen) atoms. The second kappa shape index (κ2) is 4.53. The summed E-state index contributed by atoms with van der Waals surface area (Å²) in [6.45, 7) is 1.87. The van der Waals surface area contributed by atoms with Crippen molar-refractivity contribution in [3.8, 4) is 0 Å². The quantitative estimate of drug-likeness (QED) is 0.571. The van der Waals surface area contributed by atoms with Crippen LogP contribution in [0, 0.1) is 6.92 Å². The van der Waals surface area contributed by atoms with E-state index in [9.17, 15) is 4.79 Å². The number of hydrogen-bond acceptors (Lipinski definition) is 2. The van der Waals surface area contributed by atoms with Crippen molar-refractivity contribution in [2.45, 2.75) is 11.8 Å². The molecule has 0 bridgehead atoms. The number of thiophene rings is 1. The van der Waals surface area contributed by atoms with Gasteiger partial charge in [0.2, 0.25) is 5.78 Å². The predicted octanol–water partition coefficient (Wildman–Crippen LogP) is 4.85. The molecular weight excluding hydrogens is 287 g/mol. The topological polar surface area (TPSA) is 17.1 Å². The molecule has 2 rings (SSSR count). The van der Waals surface area contributed by atoms with E-state index >= 15 is 0 Å². The summed E-state index contributed by atoms with van der Waals surface area (Å²) >= 11 is 18.5. The van der Waals surface area contributed by atoms with Crippen molar-refractivity contribution in [2.75, 3.05) is 0 Å². The first-order chi connectivity index (χ1) is 7.50. The smallest absolute Gasteiger partial charge is 0.205 e. The molecule has 0 aliphatic carbocycles. The first-order valence-electron chi connectivity index (χ1n) is 4.51. The Morgan fingerprint density at radius 2 is 2.06 bits per heavy atom. The van der Waals surface area contributed by atoms with E-state index < -0.39 is 4.84 Å². The average Bonchev–Trinajstić information content (AvgIpc) is 2.55. The Bertz CT molecular complexity index is 560. The van der Waals surface area contributed by atoms with Crippen LogP contribution in [0.5, 0.6) is 0 Å². The Morgan fingerprint density at radius 3 is 2.69 bits per heavy atom. The molecule has 0 amide bonds. The zero-order valence-electron chi connectivity index (χ0n) is 8.26. The van der Waals surface area contributed by atoms with Gasteiger partial charge in [0.15, 0.2) is 4.84 Å². The van der Waals surface area contributed by atoms with Gasteiger partial charge in [-0.25, -0.2) is 0 Å². The van der Waals surface area contributed by atoms with Gasteiger partial charge in [-0.15, -0.1) is 11.3 Å². The van der Waals surface area contributed by atoms with Crippen molar-refractivity contribution in [2.24, 2.45) is 0 Å². The second-order valence-electron chi connectivity index (χ2n) is 3.36. The molecule has 1 aromatic heterocycles. The molecule has 0 spiro atoms. The molecule has 0 atom stereocenters. The number of halogens is 3. The van der Waals surface area contributed by atoms with Crippen LogP contribution < -0.4 is 0 Å². The maximum atomic E-state index is 11.7. The van der Waals surface area contributed by atoms with Gasteiger partial charge < -0.3 is 0 Å². The summed E-state index contributed by atoms with van der Waals surface area (Å²) in [6, 6.07) is 5.54. The Morgan fingerprint density at radius 1 is 1.38 bits per heavy atom. The molecule has 1 aromatic carbocycles. The largest absolute Gasteiger partial charge is 0.290 e. The summed E-state index contributed by atoms with van der Waals surface area (Å²) in [7, 11) is 0. The minimum absolute atomic E-state index is 0.252. The zero-order valence-corrected chi connectivity index (χ0v) is 11.3. The van der Waals surface area contributed by atoms with Crippen LogP contribution in [-0.2, 0) is 0 Å². The van der Waals surface area contributed by atoms with Crippen molar-refractivity contribution in [3.05, 3.63) is 33.7 Å². The molecular formula is C11H7Cl3OS. The summed E-state index contributed by atoms with van der Waals surface area (Å²) in [4.78, 5) is 11.3. The molecule has 2 aromatic rings. The van der Waals surface area contributed by atoms with Gasteiger partial charge >= 0.3 is 0 Å². The van der Waals surface area contributed by atoms with Gasteiger partial charge in [0.05, 0.1) is 4.88 Å². The summed E-state index contributed by atoms with van der Waals surface area (Å²) in [5, 5.41) is 1.63. The van der Waals surface area contributed by atoms with Gasteiger partial charge in [-0.1, -0.05) is 34.8 Å². The van der Waals surface area contributed by atoms with Crippen LogP contribution in [0.4, 0.5) is 0 Å². The van der Waals surface area contributed by atoms with Crippen LogP contribution >= 0.6 is 46.1 Å². The van der Waals surface area contributed by atoms with E-state index in [1.54, 1.807) is 6.07 Å². The van der Waals surface area contributed by atoms with E-state index in [0.29, 0.717) is 9.90 Å².